The molecule has 412 valence electrons. The molecule has 1 unspecified atom stereocenters. The predicted octanol–water partition coefficient (Wildman–Crippen LogP) is 11.8. The van der Waals surface area contributed by atoms with E-state index >= 15 is 0 Å². The molecule has 0 spiro atoms. The fourth-order valence-corrected chi connectivity index (χ4v) is 8.43. The van der Waals surface area contributed by atoms with E-state index in [4.69, 9.17) is 28.4 Å². The molecule has 0 aliphatic carbocycles. The van der Waals surface area contributed by atoms with E-state index in [1.54, 1.807) is 0 Å². The number of hydrogen-bond acceptors (Lipinski definition) is 14. The van der Waals surface area contributed by atoms with Crippen molar-refractivity contribution in [3.63, 3.8) is 0 Å². The second-order valence-corrected chi connectivity index (χ2v) is 20.2. The van der Waals surface area contributed by atoms with Crippen molar-refractivity contribution in [2.75, 3.05) is 60.2 Å². The molecule has 15 heteroatoms. The number of unbranched alkanes of at least 4 members (excludes halogenated alkanes) is 20. The Morgan fingerprint density at radius 3 is 1.18 bits per heavy atom. The number of likely N-dealkylation sites (N-methyl/N-ethyl adjacent to an activating group) is 1. The lowest BCUT2D eigenvalue weighted by atomic mass is 9.97. The van der Waals surface area contributed by atoms with Crippen molar-refractivity contribution < 1.29 is 62.0 Å². The molecule has 1 aliphatic rings. The topological polar surface area (TPSA) is 181 Å². The number of nitrogens with zero attached hydrogens (tertiary/aromatic N) is 2. The highest BCUT2D eigenvalue weighted by molar-refractivity contribution is 5.78. The highest BCUT2D eigenvalue weighted by Crippen LogP contribution is 2.24. The molecule has 1 rings (SSSR count). The van der Waals surface area contributed by atoms with E-state index < -0.39 is 54.0 Å². The van der Waals surface area contributed by atoms with E-state index in [2.05, 4.69) is 27.7 Å². The zero-order chi connectivity index (χ0) is 52.3. The third kappa shape index (κ3) is 36.8. The molecule has 0 saturated carbocycles. The summed E-state index contributed by atoms with van der Waals surface area (Å²) in [5, 5.41) is 0. The molecular formula is C56H100N2O13. The van der Waals surface area contributed by atoms with E-state index in [0.29, 0.717) is 32.2 Å². The van der Waals surface area contributed by atoms with Gasteiger partial charge in [0.15, 0.2) is 12.2 Å². The van der Waals surface area contributed by atoms with Crippen molar-refractivity contribution in [3.05, 3.63) is 0 Å². The van der Waals surface area contributed by atoms with Gasteiger partial charge in [0, 0.05) is 50.5 Å². The number of ether oxygens (including phenoxy) is 6. The maximum Gasteiger partial charge on any atom is 0.410 e. The van der Waals surface area contributed by atoms with Gasteiger partial charge in [-0.05, 0) is 46.2 Å². The van der Waals surface area contributed by atoms with Gasteiger partial charge in [0.05, 0.1) is 45.8 Å². The van der Waals surface area contributed by atoms with Crippen LogP contribution in [0.25, 0.3) is 0 Å². The summed E-state index contributed by atoms with van der Waals surface area (Å²) in [6, 6.07) is 0. The largest absolute Gasteiger partial charge is 0.465 e. The molecule has 0 bridgehead atoms. The van der Waals surface area contributed by atoms with Gasteiger partial charge >= 0.3 is 35.9 Å². The Balaban J connectivity index is 3.13. The van der Waals surface area contributed by atoms with Crippen LogP contribution in [0.3, 0.4) is 0 Å². The molecule has 1 fully saturated rings. The van der Waals surface area contributed by atoms with Gasteiger partial charge in [-0.1, -0.05) is 156 Å². The average molecular weight is 1010 g/mol. The first-order valence-corrected chi connectivity index (χ1v) is 28.2. The highest BCUT2D eigenvalue weighted by atomic mass is 16.6. The lowest BCUT2D eigenvalue weighted by Gasteiger charge is -2.22. The summed E-state index contributed by atoms with van der Waals surface area (Å²) >= 11 is 0. The van der Waals surface area contributed by atoms with Gasteiger partial charge in [0.2, 0.25) is 0 Å². The van der Waals surface area contributed by atoms with Crippen molar-refractivity contribution in [3.8, 4) is 0 Å². The van der Waals surface area contributed by atoms with Gasteiger partial charge in [0.25, 0.3) is 0 Å². The Morgan fingerprint density at radius 2 is 0.789 bits per heavy atom. The minimum atomic E-state index is -1.06. The van der Waals surface area contributed by atoms with E-state index in [-0.39, 0.29) is 89.8 Å². The number of carbonyl (C=O) groups excluding carboxylic acids is 7. The minimum absolute atomic E-state index is 0.0457. The van der Waals surface area contributed by atoms with Crippen LogP contribution in [-0.2, 0) is 57.2 Å². The fourth-order valence-electron chi connectivity index (χ4n) is 8.43. The maximum atomic E-state index is 13.8. The van der Waals surface area contributed by atoms with Crippen molar-refractivity contribution in [2.45, 2.75) is 245 Å². The number of rotatable bonds is 46. The normalized spacial score (nSPS) is 14.9. The van der Waals surface area contributed by atoms with Crippen LogP contribution in [0.15, 0.2) is 0 Å². The zero-order valence-electron chi connectivity index (χ0n) is 45.6. The van der Waals surface area contributed by atoms with Crippen molar-refractivity contribution in [1.82, 2.24) is 9.80 Å². The molecule has 15 nitrogen and oxygen atoms in total. The Morgan fingerprint density at radius 1 is 0.437 bits per heavy atom. The number of hydrogen-bond donors (Lipinski definition) is 0. The van der Waals surface area contributed by atoms with Crippen LogP contribution in [0.4, 0.5) is 4.79 Å². The van der Waals surface area contributed by atoms with Crippen molar-refractivity contribution in [2.24, 2.45) is 11.8 Å². The van der Waals surface area contributed by atoms with Gasteiger partial charge in [-0.15, -0.1) is 0 Å². The maximum absolute atomic E-state index is 13.8. The zero-order valence-corrected chi connectivity index (χ0v) is 45.6. The summed E-state index contributed by atoms with van der Waals surface area (Å²) in [7, 11) is 3.70. The molecule has 0 aromatic rings. The van der Waals surface area contributed by atoms with Crippen LogP contribution >= 0.6 is 0 Å². The highest BCUT2D eigenvalue weighted by Gasteiger charge is 2.42. The monoisotopic (exact) mass is 1010 g/mol. The van der Waals surface area contributed by atoms with Gasteiger partial charge in [-0.25, -0.2) is 4.79 Å². The molecule has 1 amide bonds. The summed E-state index contributed by atoms with van der Waals surface area (Å²) < 4.78 is 34.3. The second kappa shape index (κ2) is 43.8. The molecule has 71 heavy (non-hydrogen) atoms. The van der Waals surface area contributed by atoms with Crippen LogP contribution in [0.2, 0.25) is 0 Å². The Labute approximate surface area is 429 Å². The molecular weight excluding hydrogens is 909 g/mol. The minimum Gasteiger partial charge on any atom is -0.465 e. The Bertz CT molecular complexity index is 1290. The van der Waals surface area contributed by atoms with Crippen LogP contribution < -0.4 is 0 Å². The van der Waals surface area contributed by atoms with Crippen LogP contribution in [0.1, 0.15) is 233 Å². The van der Waals surface area contributed by atoms with Crippen molar-refractivity contribution >= 4 is 41.7 Å². The third-order valence-electron chi connectivity index (χ3n) is 13.0. The first-order chi connectivity index (χ1) is 34.3. The number of Topliss-reactive ketones (excluding diaryl/α,β-unsaturated/α-hetero) is 1. The van der Waals surface area contributed by atoms with Crippen LogP contribution in [-0.4, -0.2) is 124 Å². The molecule has 0 radical (unpaired) electrons. The lowest BCUT2D eigenvalue weighted by molar-refractivity contribution is -0.167. The van der Waals surface area contributed by atoms with E-state index in [1.165, 1.54) is 17.7 Å². The van der Waals surface area contributed by atoms with E-state index in [0.717, 1.165) is 128 Å². The van der Waals surface area contributed by atoms with Crippen molar-refractivity contribution in [1.29, 1.82) is 0 Å². The number of esters is 5. The smallest absolute Gasteiger partial charge is 0.410 e. The lowest BCUT2D eigenvalue weighted by Crippen LogP contribution is -2.35. The van der Waals surface area contributed by atoms with E-state index in [1.807, 2.05) is 19.0 Å². The van der Waals surface area contributed by atoms with Crippen LogP contribution in [0, 0.1) is 11.8 Å². The predicted molar refractivity (Wildman–Crippen MR) is 277 cm³/mol. The molecule has 1 aliphatic heterocycles. The first kappa shape index (κ1) is 65.3. The molecule has 0 aromatic heterocycles. The number of amides is 1. The molecule has 1 saturated heterocycles. The summed E-state index contributed by atoms with van der Waals surface area (Å²) in [6.45, 7) is 8.65. The summed E-state index contributed by atoms with van der Waals surface area (Å²) in [5.41, 5.74) is 0. The Kier molecular flexibility index (Phi) is 40.3. The molecule has 1 heterocycles. The summed E-state index contributed by atoms with van der Waals surface area (Å²) in [5.74, 6) is -3.58. The third-order valence-corrected chi connectivity index (χ3v) is 13.0. The molecule has 0 N–H and O–H groups in total. The molecule has 3 atom stereocenters. The summed E-state index contributed by atoms with van der Waals surface area (Å²) in [4.78, 5) is 95.2. The average Bonchev–Trinajstić information content (AvgIpc) is 3.73. The first-order valence-electron chi connectivity index (χ1n) is 28.2. The number of likely N-dealkylation sites (tertiary alicyclic amines) is 1. The second-order valence-electron chi connectivity index (χ2n) is 20.2. The van der Waals surface area contributed by atoms with Gasteiger partial charge in [-0.2, -0.15) is 0 Å². The quantitative estimate of drug-likeness (QED) is 0.0319. The summed E-state index contributed by atoms with van der Waals surface area (Å²) in [6.07, 6.45) is 23.3. The van der Waals surface area contributed by atoms with Gasteiger partial charge in [0.1, 0.15) is 12.4 Å². The number of carbonyl (C=O) groups is 7. The molecule has 0 aromatic carbocycles. The Hall–Kier alpha value is -3.75. The van der Waals surface area contributed by atoms with Crippen LogP contribution in [0.5, 0.6) is 0 Å². The standard InChI is InChI=1S/C56H100N2O13/c1-7-11-15-19-23-27-31-48(59)36-35-46(43-67-51(60)32-28-24-20-16-12-8-2)39-54(63)70-49-41-58(56(65)66-38-37-57(5)6)42-50(49)71-55(64)40-47(44-68-52(61)33-29-25-21-17-13-9-3)45-69-53(62)34-30-26-22-18-14-10-4/h46-47,49-50H,7-45H2,1-6H3/t46?,49-,50-/m0/s1. The number of ketones is 1. The fraction of sp³-hybridized carbons (Fsp3) is 0.875. The SMILES string of the molecule is CCCCCCCCC(=O)CCC(COC(=O)CCCCCCCC)CC(=O)O[C@H]1CN(C(=O)OCCN(C)C)C[C@@H]1OC(=O)CC(COC(=O)CCCCCCCC)COC(=O)CCCCCCCC. The van der Waals surface area contributed by atoms with Gasteiger partial charge in [-0.3, -0.25) is 28.8 Å². The van der Waals surface area contributed by atoms with Gasteiger partial charge < -0.3 is 38.2 Å². The van der Waals surface area contributed by atoms with E-state index in [9.17, 15) is 33.6 Å².